The van der Waals surface area contributed by atoms with Crippen LogP contribution >= 0.6 is 11.3 Å². The fourth-order valence-corrected chi connectivity index (χ4v) is 2.42. The highest BCUT2D eigenvalue weighted by Gasteiger charge is 2.08. The Morgan fingerprint density at radius 3 is 2.82 bits per heavy atom. The summed E-state index contributed by atoms with van der Waals surface area (Å²) >= 11 is 1.66. The number of fused-ring (bicyclic) bond motifs is 1. The Hall–Kier alpha value is -1.29. The smallest absolute Gasteiger partial charge is 0.183 e. The van der Waals surface area contributed by atoms with Crippen LogP contribution in [0.5, 0.6) is 0 Å². The molecule has 0 aliphatic carbocycles. The monoisotopic (exact) mass is 249 g/mol. The zero-order valence-corrected chi connectivity index (χ0v) is 11.3. The summed E-state index contributed by atoms with van der Waals surface area (Å²) in [5.41, 5.74) is 7.57. The van der Waals surface area contributed by atoms with Crippen LogP contribution in [0.1, 0.15) is 20.8 Å². The number of anilines is 2. The first-order valence-corrected chi connectivity index (χ1v) is 6.78. The van der Waals surface area contributed by atoms with Gasteiger partial charge in [0.15, 0.2) is 5.13 Å². The van der Waals surface area contributed by atoms with Crippen molar-refractivity contribution in [3.05, 3.63) is 18.2 Å². The van der Waals surface area contributed by atoms with Crippen LogP contribution in [0, 0.1) is 11.8 Å². The maximum Gasteiger partial charge on any atom is 0.183 e. The number of benzene rings is 1. The van der Waals surface area contributed by atoms with Crippen molar-refractivity contribution in [1.29, 1.82) is 0 Å². The number of thiazole rings is 1. The van der Waals surface area contributed by atoms with E-state index in [-0.39, 0.29) is 0 Å². The van der Waals surface area contributed by atoms with E-state index in [0.717, 1.165) is 27.6 Å². The SMILES string of the molecule is CC(C)C(C)CNc1nc2ccc(N)cc2s1. The Kier molecular flexibility index (Phi) is 3.52. The number of nitrogens with one attached hydrogen (secondary N) is 1. The standard InChI is InChI=1S/C13H19N3S/c1-8(2)9(3)7-15-13-16-11-5-4-10(14)6-12(11)17-13/h4-6,8-9H,7,14H2,1-3H3,(H,15,16). The Balaban J connectivity index is 2.09. The molecule has 1 aromatic heterocycles. The number of nitrogens with zero attached hydrogens (tertiary/aromatic N) is 1. The maximum atomic E-state index is 5.75. The molecule has 0 aliphatic rings. The van der Waals surface area contributed by atoms with E-state index in [1.807, 2.05) is 18.2 Å². The number of hydrogen-bond acceptors (Lipinski definition) is 4. The molecule has 2 aromatic rings. The van der Waals surface area contributed by atoms with Gasteiger partial charge in [-0.2, -0.15) is 0 Å². The molecule has 0 spiro atoms. The third-order valence-electron chi connectivity index (χ3n) is 3.13. The summed E-state index contributed by atoms with van der Waals surface area (Å²) in [7, 11) is 0. The molecule has 0 bridgehead atoms. The summed E-state index contributed by atoms with van der Waals surface area (Å²) in [6, 6.07) is 5.84. The second kappa shape index (κ2) is 4.92. The molecule has 3 N–H and O–H groups in total. The van der Waals surface area contributed by atoms with Crippen molar-refractivity contribution < 1.29 is 0 Å². The van der Waals surface area contributed by atoms with Gasteiger partial charge >= 0.3 is 0 Å². The predicted molar refractivity (Wildman–Crippen MR) is 76.5 cm³/mol. The highest BCUT2D eigenvalue weighted by atomic mass is 32.1. The predicted octanol–water partition coefficient (Wildman–Crippen LogP) is 3.58. The molecule has 0 radical (unpaired) electrons. The van der Waals surface area contributed by atoms with Gasteiger partial charge in [0.05, 0.1) is 10.2 Å². The Morgan fingerprint density at radius 1 is 1.35 bits per heavy atom. The summed E-state index contributed by atoms with van der Waals surface area (Å²) in [5.74, 6) is 1.33. The maximum absolute atomic E-state index is 5.75. The molecule has 92 valence electrons. The van der Waals surface area contributed by atoms with Crippen molar-refractivity contribution in [1.82, 2.24) is 4.98 Å². The molecule has 1 unspecified atom stereocenters. The van der Waals surface area contributed by atoms with Gasteiger partial charge < -0.3 is 11.1 Å². The molecule has 3 nitrogen and oxygen atoms in total. The molecule has 0 amide bonds. The van der Waals surface area contributed by atoms with Crippen molar-refractivity contribution in [2.45, 2.75) is 20.8 Å². The van der Waals surface area contributed by atoms with Crippen LogP contribution in [0.4, 0.5) is 10.8 Å². The highest BCUT2D eigenvalue weighted by Crippen LogP contribution is 2.27. The van der Waals surface area contributed by atoms with Gasteiger partial charge in [0.2, 0.25) is 0 Å². The first-order chi connectivity index (χ1) is 8.06. The quantitative estimate of drug-likeness (QED) is 0.814. The highest BCUT2D eigenvalue weighted by molar-refractivity contribution is 7.22. The average Bonchev–Trinajstić information content (AvgIpc) is 2.67. The molecule has 4 heteroatoms. The second-order valence-corrected chi connectivity index (χ2v) is 5.88. The second-order valence-electron chi connectivity index (χ2n) is 4.85. The molecule has 0 fully saturated rings. The Morgan fingerprint density at radius 2 is 2.12 bits per heavy atom. The first kappa shape index (κ1) is 12.2. The van der Waals surface area contributed by atoms with Gasteiger partial charge in [-0.3, -0.25) is 0 Å². The Labute approximate surface area is 106 Å². The molecule has 1 aromatic carbocycles. The summed E-state index contributed by atoms with van der Waals surface area (Å²) in [4.78, 5) is 4.54. The molecule has 0 saturated carbocycles. The molecule has 17 heavy (non-hydrogen) atoms. The Bertz CT molecular complexity index is 504. The lowest BCUT2D eigenvalue weighted by molar-refractivity contribution is 0.440. The lowest BCUT2D eigenvalue weighted by atomic mass is 9.98. The zero-order chi connectivity index (χ0) is 12.4. The van der Waals surface area contributed by atoms with Crippen molar-refractivity contribution in [2.24, 2.45) is 11.8 Å². The summed E-state index contributed by atoms with van der Waals surface area (Å²) in [6.45, 7) is 7.70. The van der Waals surface area contributed by atoms with Crippen molar-refractivity contribution in [3.8, 4) is 0 Å². The van der Waals surface area contributed by atoms with Crippen LogP contribution in [0.15, 0.2) is 18.2 Å². The minimum Gasteiger partial charge on any atom is -0.399 e. The molecule has 2 rings (SSSR count). The van der Waals surface area contributed by atoms with E-state index in [1.165, 1.54) is 0 Å². The van der Waals surface area contributed by atoms with E-state index in [4.69, 9.17) is 5.73 Å². The van der Waals surface area contributed by atoms with E-state index < -0.39 is 0 Å². The normalized spacial score (nSPS) is 13.2. The van der Waals surface area contributed by atoms with E-state index in [0.29, 0.717) is 11.8 Å². The molecule has 0 aliphatic heterocycles. The third kappa shape index (κ3) is 2.88. The van der Waals surface area contributed by atoms with Crippen LogP contribution in [0.3, 0.4) is 0 Å². The summed E-state index contributed by atoms with van der Waals surface area (Å²) in [6.07, 6.45) is 0. The van der Waals surface area contributed by atoms with Gasteiger partial charge in [-0.05, 0) is 30.0 Å². The largest absolute Gasteiger partial charge is 0.399 e. The lowest BCUT2D eigenvalue weighted by Gasteiger charge is -2.15. The average molecular weight is 249 g/mol. The number of hydrogen-bond donors (Lipinski definition) is 2. The van der Waals surface area contributed by atoms with Gasteiger partial charge in [-0.1, -0.05) is 32.1 Å². The molecule has 0 saturated heterocycles. The van der Waals surface area contributed by atoms with Gasteiger partial charge in [0.1, 0.15) is 0 Å². The number of nitrogens with two attached hydrogens (primary N) is 1. The van der Waals surface area contributed by atoms with Crippen LogP contribution in [-0.2, 0) is 0 Å². The first-order valence-electron chi connectivity index (χ1n) is 5.96. The van der Waals surface area contributed by atoms with Gasteiger partial charge in [-0.15, -0.1) is 0 Å². The van der Waals surface area contributed by atoms with Crippen LogP contribution in [0.25, 0.3) is 10.2 Å². The number of rotatable bonds is 4. The topological polar surface area (TPSA) is 50.9 Å². The minimum atomic E-state index is 0.645. The van der Waals surface area contributed by atoms with Crippen molar-refractivity contribution >= 4 is 32.4 Å². The number of nitrogen functional groups attached to an aromatic ring is 1. The van der Waals surface area contributed by atoms with E-state index in [2.05, 4.69) is 31.1 Å². The fourth-order valence-electron chi connectivity index (χ4n) is 1.50. The lowest BCUT2D eigenvalue weighted by Crippen LogP contribution is -2.15. The van der Waals surface area contributed by atoms with Crippen LogP contribution < -0.4 is 11.1 Å². The minimum absolute atomic E-state index is 0.645. The van der Waals surface area contributed by atoms with Crippen molar-refractivity contribution in [2.75, 3.05) is 17.6 Å². The fraction of sp³-hybridized carbons (Fsp3) is 0.462. The van der Waals surface area contributed by atoms with Gasteiger partial charge in [-0.25, -0.2) is 4.98 Å². The van der Waals surface area contributed by atoms with E-state index >= 15 is 0 Å². The van der Waals surface area contributed by atoms with Gasteiger partial charge in [0.25, 0.3) is 0 Å². The van der Waals surface area contributed by atoms with Crippen LogP contribution in [-0.4, -0.2) is 11.5 Å². The molecule has 1 atom stereocenters. The van der Waals surface area contributed by atoms with E-state index in [1.54, 1.807) is 11.3 Å². The van der Waals surface area contributed by atoms with E-state index in [9.17, 15) is 0 Å². The summed E-state index contributed by atoms with van der Waals surface area (Å²) < 4.78 is 1.14. The number of aromatic nitrogens is 1. The third-order valence-corrected chi connectivity index (χ3v) is 4.10. The molecular formula is C13H19N3S. The van der Waals surface area contributed by atoms with Crippen molar-refractivity contribution in [3.63, 3.8) is 0 Å². The van der Waals surface area contributed by atoms with Gasteiger partial charge in [0, 0.05) is 12.2 Å². The summed E-state index contributed by atoms with van der Waals surface area (Å²) in [5, 5.41) is 4.39. The molecule has 1 heterocycles. The molecular weight excluding hydrogens is 230 g/mol. The zero-order valence-electron chi connectivity index (χ0n) is 10.5. The van der Waals surface area contributed by atoms with Crippen LogP contribution in [0.2, 0.25) is 0 Å².